The normalized spacial score (nSPS) is 11.5. The molecule has 0 atom stereocenters. The molecule has 0 saturated carbocycles. The minimum Gasteiger partial charge on any atom is -0.309 e. The van der Waals surface area contributed by atoms with Crippen molar-refractivity contribution in [2.24, 2.45) is 5.10 Å². The number of fused-ring (bicyclic) bond motifs is 1. The van der Waals surface area contributed by atoms with Crippen molar-refractivity contribution in [1.29, 1.82) is 0 Å². The van der Waals surface area contributed by atoms with Gasteiger partial charge >= 0.3 is 0 Å². The number of thiophene rings is 2. The third kappa shape index (κ3) is 3.63. The summed E-state index contributed by atoms with van der Waals surface area (Å²) in [5.74, 6) is -0.00492. The molecule has 1 amide bonds. The number of H-pyrrole nitrogens is 1. The highest BCUT2D eigenvalue weighted by atomic mass is 79.9. The van der Waals surface area contributed by atoms with E-state index in [1.165, 1.54) is 22.7 Å². The van der Waals surface area contributed by atoms with E-state index in [1.807, 2.05) is 25.3 Å². The molecule has 24 heavy (non-hydrogen) atoms. The lowest BCUT2D eigenvalue weighted by molar-refractivity contribution is -0.120. The lowest BCUT2D eigenvalue weighted by atomic mass is 10.2. The van der Waals surface area contributed by atoms with Gasteiger partial charge in [0.15, 0.2) is 0 Å². The third-order valence-corrected chi connectivity index (χ3v) is 6.11. The summed E-state index contributed by atoms with van der Waals surface area (Å²) in [6.07, 6.45) is 1.53. The van der Waals surface area contributed by atoms with Crippen LogP contribution >= 0.6 is 38.6 Å². The lowest BCUT2D eigenvalue weighted by Gasteiger charge is -2.00. The van der Waals surface area contributed by atoms with E-state index in [0.717, 1.165) is 19.8 Å². The minimum absolute atomic E-state index is 0.0351. The molecule has 0 aromatic carbocycles. The number of hydrazone groups is 1. The summed E-state index contributed by atoms with van der Waals surface area (Å²) in [5, 5.41) is 6.43. The smallest absolute Gasteiger partial charge is 0.259 e. The second-order valence-corrected chi connectivity index (χ2v) is 8.17. The van der Waals surface area contributed by atoms with Crippen molar-refractivity contribution < 1.29 is 4.79 Å². The van der Waals surface area contributed by atoms with Gasteiger partial charge in [-0.15, -0.1) is 22.7 Å². The first-order valence-electron chi connectivity index (χ1n) is 6.99. The lowest BCUT2D eigenvalue weighted by Crippen LogP contribution is -2.23. The largest absolute Gasteiger partial charge is 0.309 e. The number of hydrogen-bond donors (Lipinski definition) is 2. The SMILES string of the molecule is Cc1sc2nc(CC(=O)N/N=C/c3cc(Br)cs3)[nH]c(=O)c2c1C. The van der Waals surface area contributed by atoms with E-state index in [2.05, 4.69) is 36.4 Å². The van der Waals surface area contributed by atoms with Gasteiger partial charge in [0.05, 0.1) is 18.0 Å². The zero-order chi connectivity index (χ0) is 17.3. The first-order chi connectivity index (χ1) is 11.4. The Morgan fingerprint density at radius 1 is 1.50 bits per heavy atom. The number of amides is 1. The second-order valence-electron chi connectivity index (χ2n) is 5.11. The number of rotatable bonds is 4. The summed E-state index contributed by atoms with van der Waals surface area (Å²) >= 11 is 6.31. The van der Waals surface area contributed by atoms with Gasteiger partial charge in [-0.25, -0.2) is 10.4 Å². The molecule has 0 spiro atoms. The predicted octanol–water partition coefficient (Wildman–Crippen LogP) is 3.12. The van der Waals surface area contributed by atoms with Crippen LogP contribution in [0.5, 0.6) is 0 Å². The number of halogens is 1. The molecule has 0 aliphatic heterocycles. The quantitative estimate of drug-likeness (QED) is 0.498. The maximum absolute atomic E-state index is 12.2. The van der Waals surface area contributed by atoms with Crippen LogP contribution in [0.15, 0.2) is 25.8 Å². The van der Waals surface area contributed by atoms with Crippen LogP contribution in [0.3, 0.4) is 0 Å². The Kier molecular flexibility index (Phi) is 4.93. The molecule has 124 valence electrons. The molecule has 0 radical (unpaired) electrons. The number of nitrogens with one attached hydrogen (secondary N) is 2. The van der Waals surface area contributed by atoms with Gasteiger partial charge < -0.3 is 4.98 Å². The van der Waals surface area contributed by atoms with Crippen LogP contribution in [0.4, 0.5) is 0 Å². The Balaban J connectivity index is 1.71. The van der Waals surface area contributed by atoms with E-state index < -0.39 is 0 Å². The fourth-order valence-electron chi connectivity index (χ4n) is 2.14. The second kappa shape index (κ2) is 6.96. The van der Waals surface area contributed by atoms with Gasteiger partial charge in [-0.05, 0) is 41.4 Å². The average molecular weight is 425 g/mol. The first kappa shape index (κ1) is 17.0. The van der Waals surface area contributed by atoms with Crippen LogP contribution in [0.25, 0.3) is 10.2 Å². The van der Waals surface area contributed by atoms with E-state index in [0.29, 0.717) is 16.0 Å². The van der Waals surface area contributed by atoms with E-state index in [4.69, 9.17) is 0 Å². The summed E-state index contributed by atoms with van der Waals surface area (Å²) in [7, 11) is 0. The number of carbonyl (C=O) groups is 1. The van der Waals surface area contributed by atoms with Crippen molar-refractivity contribution in [1.82, 2.24) is 15.4 Å². The molecule has 3 rings (SSSR count). The Hall–Kier alpha value is -1.84. The standard InChI is InChI=1S/C15H13BrN4O2S2/c1-7-8(2)24-15-13(7)14(22)18-11(19-15)4-12(21)20-17-5-10-3-9(16)6-23-10/h3,5-6H,4H2,1-2H3,(H,20,21)(H,18,19,22)/b17-5+. The van der Waals surface area contributed by atoms with Gasteiger partial charge in [0.2, 0.25) is 5.91 Å². The van der Waals surface area contributed by atoms with E-state index in [-0.39, 0.29) is 17.9 Å². The molecule has 3 aromatic heterocycles. The van der Waals surface area contributed by atoms with Crippen molar-refractivity contribution in [2.75, 3.05) is 0 Å². The molecule has 6 nitrogen and oxygen atoms in total. The van der Waals surface area contributed by atoms with Crippen molar-refractivity contribution >= 4 is 60.9 Å². The van der Waals surface area contributed by atoms with E-state index >= 15 is 0 Å². The number of aryl methyl sites for hydroxylation is 2. The fraction of sp³-hybridized carbons (Fsp3) is 0.200. The molecule has 0 fully saturated rings. The fourth-order valence-corrected chi connectivity index (χ4v) is 4.49. The monoisotopic (exact) mass is 424 g/mol. The molecule has 0 bridgehead atoms. The maximum atomic E-state index is 12.2. The summed E-state index contributed by atoms with van der Waals surface area (Å²) < 4.78 is 0.969. The van der Waals surface area contributed by atoms with E-state index in [1.54, 1.807) is 6.21 Å². The summed E-state index contributed by atoms with van der Waals surface area (Å²) in [5.41, 5.74) is 3.16. The van der Waals surface area contributed by atoms with Crippen LogP contribution in [0, 0.1) is 13.8 Å². The molecule has 0 unspecified atom stereocenters. The molecular weight excluding hydrogens is 412 g/mol. The maximum Gasteiger partial charge on any atom is 0.259 e. The molecule has 3 aromatic rings. The molecule has 3 heterocycles. The molecule has 0 aliphatic rings. The Morgan fingerprint density at radius 2 is 2.29 bits per heavy atom. The molecule has 0 saturated heterocycles. The minimum atomic E-state index is -0.339. The van der Waals surface area contributed by atoms with Gasteiger partial charge in [0.1, 0.15) is 10.7 Å². The number of hydrogen-bond acceptors (Lipinski definition) is 6. The Morgan fingerprint density at radius 3 is 3.00 bits per heavy atom. The Bertz CT molecular complexity index is 1000. The highest BCUT2D eigenvalue weighted by Crippen LogP contribution is 2.25. The number of carbonyl (C=O) groups excluding carboxylic acids is 1. The van der Waals surface area contributed by atoms with Gasteiger partial charge in [-0.3, -0.25) is 9.59 Å². The molecule has 0 aliphatic carbocycles. The van der Waals surface area contributed by atoms with Crippen LogP contribution in [-0.4, -0.2) is 22.1 Å². The van der Waals surface area contributed by atoms with Gasteiger partial charge in [0.25, 0.3) is 5.56 Å². The van der Waals surface area contributed by atoms with Crippen LogP contribution < -0.4 is 11.0 Å². The summed E-state index contributed by atoms with van der Waals surface area (Å²) in [4.78, 5) is 33.8. The Labute approximate surface area is 153 Å². The van der Waals surface area contributed by atoms with Crippen molar-refractivity contribution in [3.05, 3.63) is 47.4 Å². The van der Waals surface area contributed by atoms with E-state index in [9.17, 15) is 9.59 Å². The number of aromatic amines is 1. The van der Waals surface area contributed by atoms with Gasteiger partial charge in [-0.1, -0.05) is 0 Å². The molecule has 9 heteroatoms. The molecular formula is C15H13BrN4O2S2. The van der Waals surface area contributed by atoms with Gasteiger partial charge in [-0.2, -0.15) is 5.10 Å². The van der Waals surface area contributed by atoms with Crippen molar-refractivity contribution in [2.45, 2.75) is 20.3 Å². The van der Waals surface area contributed by atoms with Crippen molar-refractivity contribution in [3.8, 4) is 0 Å². The zero-order valence-corrected chi connectivity index (χ0v) is 16.1. The topological polar surface area (TPSA) is 87.2 Å². The average Bonchev–Trinajstić information content (AvgIpc) is 3.03. The van der Waals surface area contributed by atoms with Crippen LogP contribution in [0.1, 0.15) is 21.1 Å². The third-order valence-electron chi connectivity index (χ3n) is 3.38. The first-order valence-corrected chi connectivity index (χ1v) is 9.48. The number of nitrogens with zero attached hydrogens (tertiary/aromatic N) is 2. The van der Waals surface area contributed by atoms with Crippen LogP contribution in [-0.2, 0) is 11.2 Å². The zero-order valence-electron chi connectivity index (χ0n) is 12.8. The van der Waals surface area contributed by atoms with Gasteiger partial charge in [0, 0.05) is 19.6 Å². The highest BCUT2D eigenvalue weighted by Gasteiger charge is 2.13. The van der Waals surface area contributed by atoms with Crippen LogP contribution in [0.2, 0.25) is 0 Å². The summed E-state index contributed by atoms with van der Waals surface area (Å²) in [6, 6.07) is 1.90. The predicted molar refractivity (Wildman–Crippen MR) is 101 cm³/mol. The number of aromatic nitrogens is 2. The summed E-state index contributed by atoms with van der Waals surface area (Å²) in [6.45, 7) is 3.85. The van der Waals surface area contributed by atoms with Crippen molar-refractivity contribution in [3.63, 3.8) is 0 Å². The molecule has 2 N–H and O–H groups in total. The highest BCUT2D eigenvalue weighted by molar-refractivity contribution is 9.10.